The lowest BCUT2D eigenvalue weighted by Gasteiger charge is -2.13. The van der Waals surface area contributed by atoms with Gasteiger partial charge in [-0.2, -0.15) is 0 Å². The zero-order chi connectivity index (χ0) is 23.7. The maximum Gasteiger partial charge on any atom is 0.327 e. The van der Waals surface area contributed by atoms with Crippen LogP contribution in [0.5, 0.6) is 0 Å². The number of carboxylic acid groups (broad SMARTS) is 1. The summed E-state index contributed by atoms with van der Waals surface area (Å²) in [6.07, 6.45) is 2.46. The summed E-state index contributed by atoms with van der Waals surface area (Å²) in [5, 5.41) is 25.3. The molecule has 32 heavy (non-hydrogen) atoms. The first-order chi connectivity index (χ1) is 15.1. The molecule has 9 nitrogen and oxygen atoms in total. The van der Waals surface area contributed by atoms with Gasteiger partial charge in [-0.3, -0.25) is 19.7 Å². The molecule has 0 saturated heterocycles. The summed E-state index contributed by atoms with van der Waals surface area (Å²) in [7, 11) is 0. The van der Waals surface area contributed by atoms with Crippen LogP contribution in [0.1, 0.15) is 16.7 Å². The van der Waals surface area contributed by atoms with Crippen molar-refractivity contribution < 1.29 is 24.4 Å². The number of nitrogens with zero attached hydrogens (tertiary/aromatic N) is 1. The van der Waals surface area contributed by atoms with Crippen LogP contribution in [0.2, 0.25) is 0 Å². The smallest absolute Gasteiger partial charge is 0.327 e. The van der Waals surface area contributed by atoms with Crippen molar-refractivity contribution >= 4 is 47.0 Å². The first-order valence-corrected chi connectivity index (χ1v) is 10.7. The molecule has 0 saturated carbocycles. The van der Waals surface area contributed by atoms with Gasteiger partial charge in [-0.15, -0.1) is 11.8 Å². The van der Waals surface area contributed by atoms with E-state index >= 15 is 0 Å². The van der Waals surface area contributed by atoms with Crippen LogP contribution in [0.15, 0.2) is 48.5 Å². The summed E-state index contributed by atoms with van der Waals surface area (Å²) in [6, 6.07) is 10.1. The van der Waals surface area contributed by atoms with Crippen LogP contribution >= 0.6 is 11.8 Å². The molecule has 0 unspecified atom stereocenters. The number of nitro groups is 1. The predicted octanol–water partition coefficient (Wildman–Crippen LogP) is 3.17. The number of nitrogens with one attached hydrogen (secondary N) is 2. The van der Waals surface area contributed by atoms with E-state index in [1.807, 2.05) is 32.0 Å². The largest absolute Gasteiger partial charge is 0.480 e. The van der Waals surface area contributed by atoms with Gasteiger partial charge in [0.2, 0.25) is 11.8 Å². The van der Waals surface area contributed by atoms with E-state index in [4.69, 9.17) is 0 Å². The van der Waals surface area contributed by atoms with Crippen LogP contribution in [0, 0.1) is 24.0 Å². The molecule has 0 aliphatic rings. The van der Waals surface area contributed by atoms with Crippen molar-refractivity contribution in [2.24, 2.45) is 0 Å². The van der Waals surface area contributed by atoms with E-state index in [9.17, 15) is 29.6 Å². The van der Waals surface area contributed by atoms with E-state index in [1.165, 1.54) is 24.3 Å². The molecular weight excluding hydrogens is 434 g/mol. The number of carbonyl (C=O) groups excluding carboxylic acids is 2. The second kappa shape index (κ2) is 11.7. The van der Waals surface area contributed by atoms with Crippen LogP contribution in [0.3, 0.4) is 0 Å². The van der Waals surface area contributed by atoms with Gasteiger partial charge in [0.25, 0.3) is 5.69 Å². The van der Waals surface area contributed by atoms with E-state index in [0.29, 0.717) is 11.3 Å². The topological polar surface area (TPSA) is 139 Å². The van der Waals surface area contributed by atoms with E-state index < -0.39 is 22.8 Å². The predicted molar refractivity (Wildman–Crippen MR) is 124 cm³/mol. The first kappa shape index (κ1) is 24.6. The third-order valence-corrected chi connectivity index (χ3v) is 5.18. The maximum absolute atomic E-state index is 12.1. The molecule has 0 aliphatic carbocycles. The zero-order valence-electron chi connectivity index (χ0n) is 17.5. The Kier molecular flexibility index (Phi) is 8.96. The summed E-state index contributed by atoms with van der Waals surface area (Å²) < 4.78 is 0. The van der Waals surface area contributed by atoms with Crippen molar-refractivity contribution in [3.8, 4) is 0 Å². The summed E-state index contributed by atoms with van der Waals surface area (Å²) in [5.74, 6) is -2.16. The minimum atomic E-state index is -1.23. The van der Waals surface area contributed by atoms with Crippen molar-refractivity contribution in [3.63, 3.8) is 0 Å². The number of carbonyl (C=O) groups is 3. The van der Waals surface area contributed by atoms with Gasteiger partial charge in [-0.25, -0.2) is 4.79 Å². The van der Waals surface area contributed by atoms with E-state index in [-0.39, 0.29) is 23.1 Å². The fourth-order valence-corrected chi connectivity index (χ4v) is 3.66. The number of hydrogen-bond donors (Lipinski definition) is 3. The molecule has 0 radical (unpaired) electrons. The van der Waals surface area contributed by atoms with Crippen molar-refractivity contribution in [2.75, 3.05) is 16.8 Å². The van der Waals surface area contributed by atoms with E-state index in [0.717, 1.165) is 29.0 Å². The van der Waals surface area contributed by atoms with Crippen LogP contribution in [0.4, 0.5) is 11.4 Å². The molecule has 2 aromatic carbocycles. The number of hydrogen-bond acceptors (Lipinski definition) is 6. The summed E-state index contributed by atoms with van der Waals surface area (Å²) in [6.45, 7) is 3.84. The number of rotatable bonds is 10. The molecule has 0 bridgehead atoms. The van der Waals surface area contributed by atoms with Gasteiger partial charge < -0.3 is 15.7 Å². The van der Waals surface area contributed by atoms with Crippen LogP contribution in [0.25, 0.3) is 6.08 Å². The van der Waals surface area contributed by atoms with Crippen molar-refractivity contribution in [2.45, 2.75) is 19.9 Å². The quantitative estimate of drug-likeness (QED) is 0.283. The third-order valence-electron chi connectivity index (χ3n) is 4.15. The van der Waals surface area contributed by atoms with Gasteiger partial charge in [-0.1, -0.05) is 18.2 Å². The normalized spacial score (nSPS) is 11.7. The summed E-state index contributed by atoms with van der Waals surface area (Å²) >= 11 is 1.08. The molecule has 0 fully saturated rings. The summed E-state index contributed by atoms with van der Waals surface area (Å²) in [4.78, 5) is 45.9. The number of aliphatic carboxylic acids is 1. The first-order valence-electron chi connectivity index (χ1n) is 9.56. The van der Waals surface area contributed by atoms with Crippen molar-refractivity contribution in [1.82, 2.24) is 5.32 Å². The highest BCUT2D eigenvalue weighted by molar-refractivity contribution is 8.00. The van der Waals surface area contributed by atoms with Crippen molar-refractivity contribution in [3.05, 3.63) is 75.3 Å². The monoisotopic (exact) mass is 457 g/mol. The molecule has 2 rings (SSSR count). The maximum atomic E-state index is 12.1. The molecule has 168 valence electrons. The highest BCUT2D eigenvalue weighted by atomic mass is 32.2. The molecule has 0 heterocycles. The average Bonchev–Trinajstić information content (AvgIpc) is 2.70. The standard InChI is InChI=1S/C22H23N3O6S/c1-14-8-15(2)10-17(9-14)23-21(27)13-32-12-19(22(28)29)24-20(26)7-6-16-4-3-5-18(11-16)25(30)31/h3-11,19H,12-13H2,1-2H3,(H,23,27)(H,24,26)(H,28,29)/b7-6+/t19-/m1/s1. The number of amides is 2. The number of benzene rings is 2. The Morgan fingerprint density at radius 3 is 2.47 bits per heavy atom. The van der Waals surface area contributed by atoms with Gasteiger partial charge >= 0.3 is 5.97 Å². The third kappa shape index (κ3) is 8.23. The number of nitro benzene ring substituents is 1. The molecule has 10 heteroatoms. The second-order valence-corrected chi connectivity index (χ2v) is 8.05. The van der Waals surface area contributed by atoms with E-state index in [1.54, 1.807) is 6.07 Å². The Bertz CT molecular complexity index is 1030. The van der Waals surface area contributed by atoms with Gasteiger partial charge in [0.1, 0.15) is 6.04 Å². The fraction of sp³-hybridized carbons (Fsp3) is 0.227. The highest BCUT2D eigenvalue weighted by Crippen LogP contribution is 2.15. The van der Waals surface area contributed by atoms with Gasteiger partial charge in [0, 0.05) is 29.6 Å². The number of non-ortho nitro benzene ring substituents is 1. The Hall–Kier alpha value is -3.66. The minimum Gasteiger partial charge on any atom is -0.480 e. The Morgan fingerprint density at radius 1 is 1.16 bits per heavy atom. The molecule has 3 N–H and O–H groups in total. The Morgan fingerprint density at radius 2 is 1.84 bits per heavy atom. The molecule has 0 aromatic heterocycles. The number of anilines is 1. The molecule has 2 amide bonds. The van der Waals surface area contributed by atoms with Crippen LogP contribution < -0.4 is 10.6 Å². The number of thioether (sulfide) groups is 1. The van der Waals surface area contributed by atoms with E-state index in [2.05, 4.69) is 10.6 Å². The molecule has 2 aromatic rings. The van der Waals surface area contributed by atoms with Crippen molar-refractivity contribution in [1.29, 1.82) is 0 Å². The SMILES string of the molecule is Cc1cc(C)cc(NC(=O)CSC[C@@H](NC(=O)/C=C/c2cccc([N+](=O)[O-])c2)C(=O)O)c1. The van der Waals surface area contributed by atoms with Gasteiger partial charge in [-0.05, 0) is 48.7 Å². The van der Waals surface area contributed by atoms with Gasteiger partial charge in [0.15, 0.2) is 0 Å². The lowest BCUT2D eigenvalue weighted by atomic mass is 10.1. The highest BCUT2D eigenvalue weighted by Gasteiger charge is 2.19. The molecule has 0 aliphatic heterocycles. The van der Waals surface area contributed by atoms with Crippen LogP contribution in [-0.2, 0) is 14.4 Å². The minimum absolute atomic E-state index is 0.00795. The number of carboxylic acids is 1. The second-order valence-electron chi connectivity index (χ2n) is 7.02. The van der Waals surface area contributed by atoms with Gasteiger partial charge in [0.05, 0.1) is 10.7 Å². The number of aryl methyl sites for hydroxylation is 2. The Labute approximate surface area is 189 Å². The van der Waals surface area contributed by atoms with Crippen LogP contribution in [-0.4, -0.2) is 45.4 Å². The molecule has 0 spiro atoms. The lowest BCUT2D eigenvalue weighted by molar-refractivity contribution is -0.384. The zero-order valence-corrected chi connectivity index (χ0v) is 18.3. The Balaban J connectivity index is 1.85. The molecular formula is C22H23N3O6S. The fourth-order valence-electron chi connectivity index (χ4n) is 2.82. The average molecular weight is 458 g/mol. The summed E-state index contributed by atoms with van der Waals surface area (Å²) in [5.41, 5.74) is 3.01. The lowest BCUT2D eigenvalue weighted by Crippen LogP contribution is -2.42. The molecule has 1 atom stereocenters.